The van der Waals surface area contributed by atoms with Gasteiger partial charge in [0, 0.05) is 0 Å². The number of hydrogen-bond donors (Lipinski definition) is 0. The lowest BCUT2D eigenvalue weighted by atomic mass is 10.5. The van der Waals surface area contributed by atoms with E-state index in [-0.39, 0.29) is 5.95 Å². The summed E-state index contributed by atoms with van der Waals surface area (Å²) in [5, 5.41) is 10.3. The van der Waals surface area contributed by atoms with Gasteiger partial charge in [-0.05, 0) is 11.8 Å². The van der Waals surface area contributed by atoms with E-state index in [9.17, 15) is 10.1 Å². The van der Waals surface area contributed by atoms with E-state index in [0.29, 0.717) is 6.54 Å². The summed E-state index contributed by atoms with van der Waals surface area (Å²) in [5.74, 6) is -0.117. The summed E-state index contributed by atoms with van der Waals surface area (Å²) in [5.41, 5.74) is 0. The highest BCUT2D eigenvalue weighted by atomic mass is 16.6. The SMILES string of the molecule is C/C=C/Cn1ccnc1[N+](=O)[O-]. The van der Waals surface area contributed by atoms with E-state index in [1.54, 1.807) is 6.20 Å². The average Bonchev–Trinajstić information content (AvgIpc) is 2.48. The molecule has 0 fully saturated rings. The fourth-order valence-corrected chi connectivity index (χ4v) is 0.835. The van der Waals surface area contributed by atoms with Crippen molar-refractivity contribution in [3.8, 4) is 0 Å². The molecule has 0 N–H and O–H groups in total. The van der Waals surface area contributed by atoms with Gasteiger partial charge in [0.2, 0.25) is 0 Å². The first kappa shape index (κ1) is 8.45. The summed E-state index contributed by atoms with van der Waals surface area (Å²) in [4.78, 5) is 13.4. The summed E-state index contributed by atoms with van der Waals surface area (Å²) < 4.78 is 1.47. The van der Waals surface area contributed by atoms with E-state index in [4.69, 9.17) is 0 Å². The van der Waals surface area contributed by atoms with Crippen molar-refractivity contribution in [1.29, 1.82) is 0 Å². The van der Waals surface area contributed by atoms with Crippen LogP contribution in [0.25, 0.3) is 0 Å². The monoisotopic (exact) mass is 167 g/mol. The van der Waals surface area contributed by atoms with Gasteiger partial charge in [-0.3, -0.25) is 0 Å². The highest BCUT2D eigenvalue weighted by Crippen LogP contribution is 2.06. The Balaban J connectivity index is 2.84. The number of aromatic nitrogens is 2. The lowest BCUT2D eigenvalue weighted by Crippen LogP contribution is -2.00. The quantitative estimate of drug-likeness (QED) is 0.388. The lowest BCUT2D eigenvalue weighted by Gasteiger charge is -1.95. The molecule has 0 aromatic carbocycles. The number of nitrogens with zero attached hydrogens (tertiary/aromatic N) is 3. The molecule has 64 valence electrons. The Morgan fingerprint density at radius 1 is 1.83 bits per heavy atom. The van der Waals surface area contributed by atoms with Gasteiger partial charge in [0.05, 0.1) is 6.54 Å². The van der Waals surface area contributed by atoms with Crippen molar-refractivity contribution >= 4 is 5.95 Å². The van der Waals surface area contributed by atoms with Crippen molar-refractivity contribution in [2.75, 3.05) is 0 Å². The summed E-state index contributed by atoms with van der Waals surface area (Å²) in [6.45, 7) is 2.36. The third kappa shape index (κ3) is 1.69. The van der Waals surface area contributed by atoms with Crippen LogP contribution in [0.3, 0.4) is 0 Å². The van der Waals surface area contributed by atoms with Gasteiger partial charge in [-0.1, -0.05) is 17.1 Å². The number of hydrogen-bond acceptors (Lipinski definition) is 3. The molecule has 5 nitrogen and oxygen atoms in total. The van der Waals surface area contributed by atoms with Crippen LogP contribution in [0.2, 0.25) is 0 Å². The topological polar surface area (TPSA) is 61.0 Å². The zero-order valence-corrected chi connectivity index (χ0v) is 6.67. The van der Waals surface area contributed by atoms with Gasteiger partial charge in [-0.15, -0.1) is 0 Å². The minimum absolute atomic E-state index is 0.117. The van der Waals surface area contributed by atoms with Crippen molar-refractivity contribution in [2.45, 2.75) is 13.5 Å². The Morgan fingerprint density at radius 2 is 2.58 bits per heavy atom. The molecule has 0 aliphatic rings. The minimum Gasteiger partial charge on any atom is -0.390 e. The molecule has 0 spiro atoms. The maximum atomic E-state index is 10.3. The van der Waals surface area contributed by atoms with Gasteiger partial charge in [0.25, 0.3) is 0 Å². The molecule has 12 heavy (non-hydrogen) atoms. The first-order chi connectivity index (χ1) is 5.75. The summed E-state index contributed by atoms with van der Waals surface area (Å²) in [6.07, 6.45) is 6.66. The van der Waals surface area contributed by atoms with E-state index in [1.165, 1.54) is 10.8 Å². The second kappa shape index (κ2) is 3.66. The van der Waals surface area contributed by atoms with Crippen molar-refractivity contribution in [1.82, 2.24) is 9.55 Å². The number of nitro groups is 1. The van der Waals surface area contributed by atoms with Crippen LogP contribution in [0, 0.1) is 10.1 Å². The Hall–Kier alpha value is -1.65. The molecule has 0 aliphatic carbocycles. The molecule has 0 aliphatic heterocycles. The van der Waals surface area contributed by atoms with E-state index >= 15 is 0 Å². The maximum absolute atomic E-state index is 10.3. The molecule has 1 aromatic heterocycles. The van der Waals surface area contributed by atoms with Crippen LogP contribution in [0.5, 0.6) is 0 Å². The molecule has 0 saturated heterocycles. The van der Waals surface area contributed by atoms with Gasteiger partial charge >= 0.3 is 5.95 Å². The molecule has 1 heterocycles. The van der Waals surface area contributed by atoms with Crippen molar-refractivity contribution in [3.63, 3.8) is 0 Å². The molecule has 0 radical (unpaired) electrons. The Labute approximate surface area is 69.5 Å². The molecule has 0 unspecified atom stereocenters. The lowest BCUT2D eigenvalue weighted by molar-refractivity contribution is -0.396. The number of imidazole rings is 1. The van der Waals surface area contributed by atoms with Crippen LogP contribution in [-0.4, -0.2) is 14.5 Å². The minimum atomic E-state index is -0.497. The van der Waals surface area contributed by atoms with E-state index in [2.05, 4.69) is 4.98 Å². The highest BCUT2D eigenvalue weighted by Gasteiger charge is 2.11. The van der Waals surface area contributed by atoms with Gasteiger partial charge in [0.1, 0.15) is 12.4 Å². The van der Waals surface area contributed by atoms with Crippen molar-refractivity contribution in [3.05, 3.63) is 34.7 Å². The number of rotatable bonds is 3. The van der Waals surface area contributed by atoms with Gasteiger partial charge < -0.3 is 10.1 Å². The zero-order valence-electron chi connectivity index (χ0n) is 6.67. The summed E-state index contributed by atoms with van der Waals surface area (Å²) >= 11 is 0. The van der Waals surface area contributed by atoms with Crippen LogP contribution in [0.15, 0.2) is 24.5 Å². The zero-order chi connectivity index (χ0) is 8.97. The predicted molar refractivity (Wildman–Crippen MR) is 43.7 cm³/mol. The highest BCUT2D eigenvalue weighted by molar-refractivity contribution is 5.07. The van der Waals surface area contributed by atoms with Crippen LogP contribution in [-0.2, 0) is 6.54 Å². The van der Waals surface area contributed by atoms with Gasteiger partial charge in [-0.25, -0.2) is 4.57 Å². The molecular weight excluding hydrogens is 158 g/mol. The Morgan fingerprint density at radius 3 is 3.17 bits per heavy atom. The molecule has 1 aromatic rings. The second-order valence-electron chi connectivity index (χ2n) is 2.21. The fourth-order valence-electron chi connectivity index (χ4n) is 0.835. The van der Waals surface area contributed by atoms with E-state index < -0.39 is 4.92 Å². The molecule has 0 amide bonds. The third-order valence-corrected chi connectivity index (χ3v) is 1.39. The average molecular weight is 167 g/mol. The van der Waals surface area contributed by atoms with Crippen LogP contribution < -0.4 is 0 Å². The van der Waals surface area contributed by atoms with Gasteiger partial charge in [-0.2, -0.15) is 0 Å². The first-order valence-electron chi connectivity index (χ1n) is 3.52. The molecule has 0 atom stereocenters. The maximum Gasteiger partial charge on any atom is 0.434 e. The molecule has 5 heteroatoms. The standard InChI is InChI=1S/C7H9N3O2/c1-2-3-5-9-6-4-8-7(9)10(11)12/h2-4,6H,5H2,1H3/b3-2+. The summed E-state index contributed by atoms with van der Waals surface area (Å²) in [6, 6.07) is 0. The van der Waals surface area contributed by atoms with Crippen molar-refractivity contribution in [2.24, 2.45) is 0 Å². The Kier molecular flexibility index (Phi) is 2.57. The Bertz CT molecular complexity index is 303. The van der Waals surface area contributed by atoms with E-state index in [0.717, 1.165) is 0 Å². The first-order valence-corrected chi connectivity index (χ1v) is 3.52. The fraction of sp³-hybridized carbons (Fsp3) is 0.286. The van der Waals surface area contributed by atoms with Crippen LogP contribution in [0.1, 0.15) is 6.92 Å². The third-order valence-electron chi connectivity index (χ3n) is 1.39. The van der Waals surface area contributed by atoms with Crippen LogP contribution >= 0.6 is 0 Å². The normalized spacial score (nSPS) is 10.8. The van der Waals surface area contributed by atoms with Crippen molar-refractivity contribution < 1.29 is 4.92 Å². The predicted octanol–water partition coefficient (Wildman–Crippen LogP) is 1.37. The molecule has 1 rings (SSSR count). The summed E-state index contributed by atoms with van der Waals surface area (Å²) in [7, 11) is 0. The largest absolute Gasteiger partial charge is 0.434 e. The smallest absolute Gasteiger partial charge is 0.390 e. The second-order valence-corrected chi connectivity index (χ2v) is 2.21. The molecule has 0 bridgehead atoms. The van der Waals surface area contributed by atoms with E-state index in [1.807, 2.05) is 19.1 Å². The van der Waals surface area contributed by atoms with Gasteiger partial charge in [0.15, 0.2) is 0 Å². The molecule has 0 saturated carbocycles. The number of allylic oxidation sites excluding steroid dienone is 2. The molecular formula is C7H9N3O2. The van der Waals surface area contributed by atoms with Crippen LogP contribution in [0.4, 0.5) is 5.95 Å².